The summed E-state index contributed by atoms with van der Waals surface area (Å²) >= 11 is 0. The third-order valence-electron chi connectivity index (χ3n) is 2.67. The van der Waals surface area contributed by atoms with E-state index in [2.05, 4.69) is 0 Å². The van der Waals surface area contributed by atoms with E-state index in [0.717, 1.165) is 5.56 Å². The second kappa shape index (κ2) is 8.07. The van der Waals surface area contributed by atoms with Crippen molar-refractivity contribution in [1.82, 2.24) is 0 Å². The lowest BCUT2D eigenvalue weighted by atomic mass is 10.1. The molecule has 0 spiro atoms. The van der Waals surface area contributed by atoms with Gasteiger partial charge >= 0.3 is 5.97 Å². The van der Waals surface area contributed by atoms with E-state index in [1.807, 2.05) is 44.4 Å². The fourth-order valence-electron chi connectivity index (χ4n) is 1.62. The van der Waals surface area contributed by atoms with Crippen molar-refractivity contribution in [3.05, 3.63) is 35.9 Å². The van der Waals surface area contributed by atoms with E-state index in [-0.39, 0.29) is 28.7 Å². The Morgan fingerprint density at radius 3 is 2.26 bits per heavy atom. The number of quaternary nitrogens is 1. The SMILES string of the molecule is CC(=O)OCC[N+](C)(C)CC(=O)c1ccccc1.[Br-]. The molecule has 0 amide bonds. The Balaban J connectivity index is 0.00000324. The van der Waals surface area contributed by atoms with Gasteiger partial charge < -0.3 is 26.2 Å². The minimum atomic E-state index is -0.288. The van der Waals surface area contributed by atoms with Crippen molar-refractivity contribution in [2.75, 3.05) is 33.8 Å². The largest absolute Gasteiger partial charge is 1.00 e. The Morgan fingerprint density at radius 1 is 1.16 bits per heavy atom. The van der Waals surface area contributed by atoms with Gasteiger partial charge in [-0.15, -0.1) is 0 Å². The van der Waals surface area contributed by atoms with E-state index in [0.29, 0.717) is 24.2 Å². The molecule has 0 atom stereocenters. The molecule has 0 aromatic heterocycles. The van der Waals surface area contributed by atoms with Crippen LogP contribution in [0.4, 0.5) is 0 Å². The second-order valence-corrected chi connectivity index (χ2v) is 4.95. The lowest BCUT2D eigenvalue weighted by Gasteiger charge is -2.28. The zero-order valence-electron chi connectivity index (χ0n) is 11.6. The summed E-state index contributed by atoms with van der Waals surface area (Å²) in [6.45, 7) is 2.74. The average molecular weight is 330 g/mol. The lowest BCUT2D eigenvalue weighted by Crippen LogP contribution is -3.00. The standard InChI is InChI=1S/C14H20NO3.BrH/c1-12(16)18-10-9-15(2,3)11-14(17)13-7-5-4-6-8-13;/h4-8H,9-11H2,1-3H3;1H/q+1;/p-1. The van der Waals surface area contributed by atoms with E-state index in [4.69, 9.17) is 4.74 Å². The smallest absolute Gasteiger partial charge is 0.302 e. The first kappa shape index (κ1) is 17.8. The third-order valence-corrected chi connectivity index (χ3v) is 2.67. The van der Waals surface area contributed by atoms with E-state index in [1.165, 1.54) is 6.92 Å². The van der Waals surface area contributed by atoms with Crippen molar-refractivity contribution >= 4 is 11.8 Å². The number of carbonyl (C=O) groups excluding carboxylic acids is 2. The topological polar surface area (TPSA) is 43.4 Å². The summed E-state index contributed by atoms with van der Waals surface area (Å²) in [6.07, 6.45) is 0. The zero-order chi connectivity index (χ0) is 13.6. The minimum Gasteiger partial charge on any atom is -1.00 e. The fourth-order valence-corrected chi connectivity index (χ4v) is 1.62. The molecule has 0 saturated carbocycles. The average Bonchev–Trinajstić information content (AvgIpc) is 2.28. The van der Waals surface area contributed by atoms with Crippen LogP contribution in [0.15, 0.2) is 30.3 Å². The first-order valence-electron chi connectivity index (χ1n) is 5.94. The Bertz CT molecular complexity index is 418. The number of esters is 1. The maximum Gasteiger partial charge on any atom is 0.302 e. The summed E-state index contributed by atoms with van der Waals surface area (Å²) in [7, 11) is 3.90. The number of benzene rings is 1. The molecule has 0 heterocycles. The molecule has 0 fully saturated rings. The van der Waals surface area contributed by atoms with Crippen LogP contribution in [0.2, 0.25) is 0 Å². The molecule has 4 nitrogen and oxygen atoms in total. The molecule has 0 aliphatic carbocycles. The van der Waals surface area contributed by atoms with Crippen LogP contribution in [0.25, 0.3) is 0 Å². The third kappa shape index (κ3) is 7.08. The Morgan fingerprint density at radius 2 is 1.74 bits per heavy atom. The first-order valence-corrected chi connectivity index (χ1v) is 5.94. The number of rotatable bonds is 6. The maximum absolute atomic E-state index is 12.0. The van der Waals surface area contributed by atoms with E-state index in [9.17, 15) is 9.59 Å². The maximum atomic E-state index is 12.0. The van der Waals surface area contributed by atoms with Gasteiger partial charge in [-0.05, 0) is 0 Å². The number of ketones is 1. The summed E-state index contributed by atoms with van der Waals surface area (Å²) in [5, 5.41) is 0. The molecule has 1 rings (SSSR count). The molecule has 0 saturated heterocycles. The fraction of sp³-hybridized carbons (Fsp3) is 0.429. The molecule has 0 aliphatic rings. The molecule has 0 N–H and O–H groups in total. The highest BCUT2D eigenvalue weighted by Crippen LogP contribution is 2.05. The number of hydrogen-bond donors (Lipinski definition) is 0. The van der Waals surface area contributed by atoms with Gasteiger partial charge in [-0.3, -0.25) is 9.59 Å². The van der Waals surface area contributed by atoms with Crippen molar-refractivity contribution in [2.24, 2.45) is 0 Å². The van der Waals surface area contributed by atoms with Crippen molar-refractivity contribution in [1.29, 1.82) is 0 Å². The van der Waals surface area contributed by atoms with Gasteiger partial charge in [0.05, 0.1) is 14.1 Å². The monoisotopic (exact) mass is 329 g/mol. The van der Waals surface area contributed by atoms with Crippen LogP contribution in [-0.4, -0.2) is 50.0 Å². The molecule has 0 aliphatic heterocycles. The number of Topliss-reactive ketones (excluding diaryl/α,β-unsaturated/α-hetero) is 1. The van der Waals surface area contributed by atoms with Crippen LogP contribution in [0.1, 0.15) is 17.3 Å². The Hall–Kier alpha value is -1.20. The molecule has 19 heavy (non-hydrogen) atoms. The zero-order valence-corrected chi connectivity index (χ0v) is 13.1. The summed E-state index contributed by atoms with van der Waals surface area (Å²) in [6, 6.07) is 9.22. The van der Waals surface area contributed by atoms with Crippen molar-refractivity contribution in [3.8, 4) is 0 Å². The van der Waals surface area contributed by atoms with Gasteiger partial charge in [0, 0.05) is 12.5 Å². The predicted molar refractivity (Wildman–Crippen MR) is 69.2 cm³/mol. The van der Waals surface area contributed by atoms with Crippen molar-refractivity contribution < 1.29 is 35.8 Å². The van der Waals surface area contributed by atoms with Crippen LogP contribution < -0.4 is 17.0 Å². The van der Waals surface area contributed by atoms with Gasteiger partial charge in [-0.25, -0.2) is 0 Å². The molecule has 0 unspecified atom stereocenters. The second-order valence-electron chi connectivity index (χ2n) is 4.95. The molecule has 106 valence electrons. The van der Waals surface area contributed by atoms with Crippen molar-refractivity contribution in [2.45, 2.75) is 6.92 Å². The van der Waals surface area contributed by atoms with E-state index < -0.39 is 0 Å². The summed E-state index contributed by atoms with van der Waals surface area (Å²) in [4.78, 5) is 22.7. The molecular weight excluding hydrogens is 310 g/mol. The Kier molecular flexibility index (Phi) is 7.56. The molecule has 0 bridgehead atoms. The van der Waals surface area contributed by atoms with Gasteiger partial charge in [0.1, 0.15) is 19.7 Å². The lowest BCUT2D eigenvalue weighted by molar-refractivity contribution is -0.882. The van der Waals surface area contributed by atoms with Gasteiger partial charge in [-0.1, -0.05) is 30.3 Å². The number of halogens is 1. The highest BCUT2D eigenvalue weighted by Gasteiger charge is 2.21. The number of ether oxygens (including phenoxy) is 1. The number of nitrogens with zero attached hydrogens (tertiary/aromatic N) is 1. The highest BCUT2D eigenvalue weighted by atomic mass is 79.9. The highest BCUT2D eigenvalue weighted by molar-refractivity contribution is 5.96. The number of hydrogen-bond acceptors (Lipinski definition) is 3. The molecule has 5 heteroatoms. The minimum absolute atomic E-state index is 0. The first-order chi connectivity index (χ1) is 8.41. The van der Waals surface area contributed by atoms with E-state index in [1.54, 1.807) is 0 Å². The quantitative estimate of drug-likeness (QED) is 0.363. The molecule has 1 aromatic rings. The summed E-state index contributed by atoms with van der Waals surface area (Å²) in [5.41, 5.74) is 0.719. The van der Waals surface area contributed by atoms with E-state index >= 15 is 0 Å². The normalized spacial score (nSPS) is 10.5. The van der Waals surface area contributed by atoms with Crippen molar-refractivity contribution in [3.63, 3.8) is 0 Å². The van der Waals surface area contributed by atoms with Crippen LogP contribution in [0, 0.1) is 0 Å². The van der Waals surface area contributed by atoms with Crippen LogP contribution in [0.3, 0.4) is 0 Å². The van der Waals surface area contributed by atoms with Crippen LogP contribution >= 0.6 is 0 Å². The van der Waals surface area contributed by atoms with Gasteiger partial charge in [-0.2, -0.15) is 0 Å². The summed E-state index contributed by atoms with van der Waals surface area (Å²) < 4.78 is 5.40. The number of likely N-dealkylation sites (N-methyl/N-ethyl adjacent to an activating group) is 1. The van der Waals surface area contributed by atoms with Gasteiger partial charge in [0.15, 0.2) is 0 Å². The van der Waals surface area contributed by atoms with Gasteiger partial charge in [0.25, 0.3) is 0 Å². The molecule has 0 radical (unpaired) electrons. The van der Waals surface area contributed by atoms with Gasteiger partial charge in [0.2, 0.25) is 5.78 Å². The number of carbonyl (C=O) groups is 2. The summed E-state index contributed by atoms with van der Waals surface area (Å²) in [5.74, 6) is -0.187. The van der Waals surface area contributed by atoms with Crippen LogP contribution in [0.5, 0.6) is 0 Å². The van der Waals surface area contributed by atoms with Crippen LogP contribution in [-0.2, 0) is 9.53 Å². The molecular formula is C14H20BrNO3. The predicted octanol–water partition coefficient (Wildman–Crippen LogP) is -1.49. The Labute approximate surface area is 124 Å². The molecule has 1 aromatic carbocycles.